The summed E-state index contributed by atoms with van der Waals surface area (Å²) < 4.78 is 2.36. The summed E-state index contributed by atoms with van der Waals surface area (Å²) in [5, 5.41) is 0. The van der Waals surface area contributed by atoms with Crippen molar-refractivity contribution in [1.82, 2.24) is 0 Å². The fourth-order valence-corrected chi connectivity index (χ4v) is 128. The van der Waals surface area contributed by atoms with Crippen LogP contribution in [-0.2, 0) is 6.51 Å². The summed E-state index contributed by atoms with van der Waals surface area (Å²) in [5.74, 6) is 0. The summed E-state index contributed by atoms with van der Waals surface area (Å²) >= 11 is 0. The van der Waals surface area contributed by atoms with Crippen LogP contribution in [0.5, 0.6) is 0 Å². The van der Waals surface area contributed by atoms with Crippen LogP contribution in [0.15, 0.2) is 0 Å². The van der Waals surface area contributed by atoms with Crippen molar-refractivity contribution in [1.29, 1.82) is 0 Å². The fourth-order valence-electron chi connectivity index (χ4n) is 26.0. The zero-order valence-corrected chi connectivity index (χ0v) is 27.8. The van der Waals surface area contributed by atoms with E-state index in [0.717, 1.165) is 4.31 Å². The summed E-state index contributed by atoms with van der Waals surface area (Å²) in [4.78, 5) is 12.4. The van der Waals surface area contributed by atoms with Crippen molar-refractivity contribution in [2.24, 2.45) is 0 Å². The molecule has 10 aliphatic heterocycles. The maximum absolute atomic E-state index is 3.45. The van der Waals surface area contributed by atoms with Crippen molar-refractivity contribution in [3.8, 4) is 0 Å². The number of fused-ring (bicyclic) bond motifs is 10. The van der Waals surface area contributed by atoms with Gasteiger partial charge in [-0.25, -0.2) is 0 Å². The Hall–Kier alpha value is 1.38. The molecule has 4 saturated carbocycles. The van der Waals surface area contributed by atoms with Crippen molar-refractivity contribution in [2.75, 3.05) is 0 Å². The predicted octanol–water partition coefficient (Wildman–Crippen LogP) is 12.3. The third-order valence-corrected chi connectivity index (χ3v) is 79.9. The molecule has 0 aromatic heterocycles. The molecule has 14 fully saturated rings. The second-order valence-electron chi connectivity index (χ2n) is 20.5. The monoisotopic (exact) mass is 606 g/mol. The quantitative estimate of drug-likeness (QED) is 0.200. The van der Waals surface area contributed by atoms with Crippen molar-refractivity contribution >= 4 is 15.8 Å². The van der Waals surface area contributed by atoms with Crippen LogP contribution in [0.3, 0.4) is 0 Å². The summed E-state index contributed by atoms with van der Waals surface area (Å²) in [7, 11) is 0.645. The molecule has 0 amide bonds. The molecule has 0 radical (unpaired) electrons. The molecule has 0 nitrogen and oxygen atoms in total. The first-order chi connectivity index (χ1) is 19.0. The molecule has 14 aliphatic rings. The van der Waals surface area contributed by atoms with Gasteiger partial charge in [0.25, 0.3) is 0 Å². The van der Waals surface area contributed by atoms with Crippen molar-refractivity contribution in [3.63, 3.8) is 0 Å². The molecule has 10 heterocycles. The number of hydrogen-bond acceptors (Lipinski definition) is 0. The van der Waals surface area contributed by atoms with Crippen LogP contribution in [-0.4, -0.2) is 32.3 Å². The molecule has 14 rings (SSSR count). The van der Waals surface area contributed by atoms with Crippen molar-refractivity contribution in [2.45, 2.75) is 211 Å². The Bertz CT molecular complexity index is 1480. The van der Waals surface area contributed by atoms with Crippen molar-refractivity contribution in [3.05, 3.63) is 0 Å². The number of rotatable bonds is 7. The molecule has 4 unspecified atom stereocenters. The number of hydrogen-bond donors (Lipinski definition) is 0. The average Bonchev–Trinajstić information content (AvgIpc) is 3.95. The predicted molar refractivity (Wildman–Crippen MR) is 166 cm³/mol. The standard InChI is InChI=1S/C31H51P2.C5H5.Fe/c1-25(32(26-15-6-2-7-16-26)27-17-8-3-9-18-27)30-23-14-24-31(30)33(28-19-10-4-11-20-28)29-21-12-5-13-22-29;1-2-4-5-3-1;/h14,23-29H,2-13,15-22H2,1H3;1-5H;/t25-;;/m1../s1. The van der Waals surface area contributed by atoms with Crippen LogP contribution in [0.1, 0.15) is 135 Å². The second-order valence-corrected chi connectivity index (χ2v) is 50.2. The van der Waals surface area contributed by atoms with Gasteiger partial charge in [0.2, 0.25) is 0 Å². The molecule has 0 bridgehead atoms. The van der Waals surface area contributed by atoms with E-state index in [2.05, 4.69) is 6.92 Å². The van der Waals surface area contributed by atoms with E-state index in [-0.39, 0.29) is 7.92 Å². The van der Waals surface area contributed by atoms with Gasteiger partial charge in [-0.1, -0.05) is 0 Å². The normalized spacial score (nSPS) is 73.2. The van der Waals surface area contributed by atoms with Gasteiger partial charge >= 0.3 is 233 Å². The first-order valence-corrected chi connectivity index (χ1v) is 28.0. The van der Waals surface area contributed by atoms with Crippen LogP contribution >= 0.6 is 15.8 Å². The van der Waals surface area contributed by atoms with E-state index in [0.29, 0.717) is 7.92 Å². The van der Waals surface area contributed by atoms with Gasteiger partial charge in [-0.2, -0.15) is 0 Å². The topological polar surface area (TPSA) is 0 Å². The van der Waals surface area contributed by atoms with Crippen LogP contribution in [0.4, 0.5) is 0 Å². The molecule has 6 atom stereocenters. The second kappa shape index (κ2) is 3.81. The van der Waals surface area contributed by atoms with Crippen LogP contribution < -0.4 is 0 Å². The Morgan fingerprint density at radius 1 is 0.487 bits per heavy atom. The molecule has 39 heavy (non-hydrogen) atoms. The van der Waals surface area contributed by atoms with E-state index < -0.39 is 6.51 Å². The Morgan fingerprint density at radius 3 is 1.23 bits per heavy atom. The molecule has 1 spiro atoms. The van der Waals surface area contributed by atoms with Gasteiger partial charge in [0.05, 0.1) is 0 Å². The molecular weight excluding hydrogens is 550 g/mol. The molecule has 10 saturated heterocycles. The molecular formula is C36H56FeP2. The van der Waals surface area contributed by atoms with E-state index in [1.54, 1.807) is 162 Å². The fraction of sp³-hybridized carbons (Fsp3) is 1.00. The van der Waals surface area contributed by atoms with Gasteiger partial charge in [-0.15, -0.1) is 0 Å². The Morgan fingerprint density at radius 2 is 0.872 bits per heavy atom. The Balaban J connectivity index is 0.997. The van der Waals surface area contributed by atoms with Crippen LogP contribution in [0.2, 0.25) is 42.8 Å². The zero-order valence-electron chi connectivity index (χ0n) is 24.9. The maximum atomic E-state index is 3.13. The summed E-state index contributed by atoms with van der Waals surface area (Å²) in [6.45, 7) is -0.320. The third-order valence-electron chi connectivity index (χ3n) is 24.3. The van der Waals surface area contributed by atoms with Gasteiger partial charge in [-0.05, 0) is 0 Å². The van der Waals surface area contributed by atoms with E-state index in [1.165, 1.54) is 37.2 Å². The van der Waals surface area contributed by atoms with Gasteiger partial charge < -0.3 is 0 Å². The first kappa shape index (κ1) is 22.0. The SMILES string of the molecule is C[C@@H](P(C1CCCCC1)C1CCCCC1)[C]12[CH]3[CH]4[CH]5[C@@]1(P(C1CCCCC1)C1CCCCC1)[Fe]43521678[CH]2[CH]1[CH]6[CH]7[CH]28. The van der Waals surface area contributed by atoms with Gasteiger partial charge in [0.1, 0.15) is 0 Å². The van der Waals surface area contributed by atoms with E-state index >= 15 is 0 Å². The first-order valence-electron chi connectivity index (χ1n) is 18.8. The Kier molecular flexibility index (Phi) is 2.15. The average molecular weight is 607 g/mol. The molecule has 0 N–H and O–H groups in total. The Labute approximate surface area is 231 Å². The van der Waals surface area contributed by atoms with Gasteiger partial charge in [-0.3, -0.25) is 0 Å². The van der Waals surface area contributed by atoms with Gasteiger partial charge in [0, 0.05) is 0 Å². The molecule has 4 aliphatic carbocycles. The van der Waals surface area contributed by atoms with Crippen molar-refractivity contribution < 1.29 is 6.51 Å². The molecule has 0 aromatic rings. The third kappa shape index (κ3) is 0.644. The summed E-state index contributed by atoms with van der Waals surface area (Å²) in [6, 6.07) is 0. The summed E-state index contributed by atoms with van der Waals surface area (Å²) in [5.41, 5.74) is 6.27. The molecule has 218 valence electrons. The van der Waals surface area contributed by atoms with Gasteiger partial charge in [0.15, 0.2) is 0 Å². The zero-order chi connectivity index (χ0) is 25.1. The minimum absolute atomic E-state index is 0.290. The van der Waals surface area contributed by atoms with Crippen LogP contribution in [0.25, 0.3) is 0 Å². The van der Waals surface area contributed by atoms with E-state index in [1.807, 2.05) is 0 Å². The summed E-state index contributed by atoms with van der Waals surface area (Å²) in [6.07, 6.45) is 33.0. The van der Waals surface area contributed by atoms with E-state index in [4.69, 9.17) is 0 Å². The van der Waals surface area contributed by atoms with Crippen LogP contribution in [0, 0.1) is 0 Å². The molecule has 0 aromatic carbocycles. The van der Waals surface area contributed by atoms with E-state index in [9.17, 15) is 0 Å². The molecule has 3 heteroatoms. The minimum atomic E-state index is -3.45.